The van der Waals surface area contributed by atoms with Gasteiger partial charge in [-0.25, -0.2) is 8.78 Å². The Bertz CT molecular complexity index is 396. The van der Waals surface area contributed by atoms with Crippen LogP contribution in [0.4, 0.5) is 22.0 Å². The molecule has 0 aromatic heterocycles. The molecule has 0 unspecified atom stereocenters. The summed E-state index contributed by atoms with van der Waals surface area (Å²) in [6.45, 7) is -1.52. The van der Waals surface area contributed by atoms with Gasteiger partial charge in [0.1, 0.15) is 6.61 Å². The summed E-state index contributed by atoms with van der Waals surface area (Å²) in [4.78, 5) is 0. The van der Waals surface area contributed by atoms with E-state index in [0.29, 0.717) is 6.07 Å². The summed E-state index contributed by atoms with van der Waals surface area (Å²) in [5, 5.41) is 8.40. The van der Waals surface area contributed by atoms with Crippen molar-refractivity contribution in [3.05, 3.63) is 35.4 Å². The van der Waals surface area contributed by atoms with Gasteiger partial charge in [0.2, 0.25) is 0 Å². The predicted molar refractivity (Wildman–Crippen MR) is 57.7 cm³/mol. The van der Waals surface area contributed by atoms with Crippen molar-refractivity contribution in [1.29, 1.82) is 0 Å². The standard InChI is InChI=1S/C10H10F5NO.ClH/c11-9(12,5-17)8(16)6-2-1-3-7(4-6)10(13,14)15;/h1-4,8,17H,5,16H2;1H/t8-;/m0./s1. The molecule has 0 fully saturated rings. The molecular weight excluding hydrogens is 281 g/mol. The minimum Gasteiger partial charge on any atom is -0.390 e. The highest BCUT2D eigenvalue weighted by Crippen LogP contribution is 2.33. The summed E-state index contributed by atoms with van der Waals surface area (Å²) in [5.41, 5.74) is 3.69. The van der Waals surface area contributed by atoms with Gasteiger partial charge in [-0.2, -0.15) is 13.2 Å². The second-order valence-electron chi connectivity index (χ2n) is 3.52. The molecule has 1 aromatic rings. The van der Waals surface area contributed by atoms with Crippen molar-refractivity contribution in [1.82, 2.24) is 0 Å². The Balaban J connectivity index is 0.00000289. The number of aliphatic hydroxyl groups is 1. The monoisotopic (exact) mass is 291 g/mol. The molecule has 1 aromatic carbocycles. The van der Waals surface area contributed by atoms with Gasteiger partial charge in [0, 0.05) is 0 Å². The molecule has 18 heavy (non-hydrogen) atoms. The molecule has 1 rings (SSSR count). The van der Waals surface area contributed by atoms with Crippen molar-refractivity contribution in [2.45, 2.75) is 18.1 Å². The van der Waals surface area contributed by atoms with Crippen LogP contribution in [-0.2, 0) is 6.18 Å². The van der Waals surface area contributed by atoms with Gasteiger partial charge in [-0.3, -0.25) is 0 Å². The lowest BCUT2D eigenvalue weighted by atomic mass is 9.99. The van der Waals surface area contributed by atoms with Gasteiger partial charge in [-0.15, -0.1) is 12.4 Å². The van der Waals surface area contributed by atoms with Gasteiger partial charge in [0.15, 0.2) is 0 Å². The second kappa shape index (κ2) is 5.81. The third kappa shape index (κ3) is 3.79. The Morgan fingerprint density at radius 3 is 2.17 bits per heavy atom. The zero-order valence-electron chi connectivity index (χ0n) is 8.92. The lowest BCUT2D eigenvalue weighted by molar-refractivity contribution is -0.137. The van der Waals surface area contributed by atoms with Crippen LogP contribution in [-0.4, -0.2) is 17.6 Å². The molecule has 104 valence electrons. The second-order valence-corrected chi connectivity index (χ2v) is 3.52. The van der Waals surface area contributed by atoms with Crippen molar-refractivity contribution in [2.75, 3.05) is 6.61 Å². The van der Waals surface area contributed by atoms with Crippen molar-refractivity contribution < 1.29 is 27.1 Å². The van der Waals surface area contributed by atoms with Gasteiger partial charge >= 0.3 is 6.18 Å². The molecule has 3 N–H and O–H groups in total. The quantitative estimate of drug-likeness (QED) is 0.841. The molecule has 0 aliphatic carbocycles. The molecule has 0 heterocycles. The van der Waals surface area contributed by atoms with Crippen LogP contribution in [0.2, 0.25) is 0 Å². The minimum absolute atomic E-state index is 0. The molecule has 8 heteroatoms. The lowest BCUT2D eigenvalue weighted by Crippen LogP contribution is -2.36. The molecule has 2 nitrogen and oxygen atoms in total. The maximum atomic E-state index is 13.0. The summed E-state index contributed by atoms with van der Waals surface area (Å²) in [7, 11) is 0. The van der Waals surface area contributed by atoms with E-state index in [2.05, 4.69) is 0 Å². The van der Waals surface area contributed by atoms with Gasteiger partial charge in [0.25, 0.3) is 5.92 Å². The largest absolute Gasteiger partial charge is 0.416 e. The highest BCUT2D eigenvalue weighted by molar-refractivity contribution is 5.85. The van der Waals surface area contributed by atoms with E-state index in [9.17, 15) is 22.0 Å². The van der Waals surface area contributed by atoms with E-state index in [1.807, 2.05) is 0 Å². The van der Waals surface area contributed by atoms with Crippen molar-refractivity contribution in [3.63, 3.8) is 0 Å². The Kier molecular flexibility index (Phi) is 5.52. The van der Waals surface area contributed by atoms with Crippen LogP contribution in [0.25, 0.3) is 0 Å². The smallest absolute Gasteiger partial charge is 0.390 e. The molecule has 0 aliphatic rings. The van der Waals surface area contributed by atoms with E-state index in [1.165, 1.54) is 0 Å². The molecule has 0 aliphatic heterocycles. The molecule has 0 radical (unpaired) electrons. The zero-order valence-corrected chi connectivity index (χ0v) is 9.73. The van der Waals surface area contributed by atoms with E-state index in [-0.39, 0.29) is 18.0 Å². The number of rotatable bonds is 3. The van der Waals surface area contributed by atoms with E-state index >= 15 is 0 Å². The van der Waals surface area contributed by atoms with Crippen LogP contribution < -0.4 is 5.73 Å². The van der Waals surface area contributed by atoms with Crippen LogP contribution >= 0.6 is 12.4 Å². The third-order valence-corrected chi connectivity index (χ3v) is 2.24. The summed E-state index contributed by atoms with van der Waals surface area (Å²) in [5.74, 6) is -3.66. The first-order chi connectivity index (χ1) is 7.68. The van der Waals surface area contributed by atoms with Crippen LogP contribution in [0, 0.1) is 0 Å². The van der Waals surface area contributed by atoms with Crippen molar-refractivity contribution in [2.24, 2.45) is 5.73 Å². The van der Waals surface area contributed by atoms with Crippen molar-refractivity contribution >= 4 is 12.4 Å². The molecule has 0 spiro atoms. The maximum Gasteiger partial charge on any atom is 0.416 e. The van der Waals surface area contributed by atoms with Gasteiger partial charge in [-0.1, -0.05) is 12.1 Å². The topological polar surface area (TPSA) is 46.2 Å². The summed E-state index contributed by atoms with van der Waals surface area (Å²) in [6, 6.07) is 1.38. The van der Waals surface area contributed by atoms with Crippen molar-refractivity contribution in [3.8, 4) is 0 Å². The number of nitrogens with two attached hydrogens (primary N) is 1. The van der Waals surface area contributed by atoms with Gasteiger partial charge < -0.3 is 10.8 Å². The zero-order chi connectivity index (χ0) is 13.3. The predicted octanol–water partition coefficient (Wildman–Crippen LogP) is 2.75. The first kappa shape index (κ1) is 17.1. The minimum atomic E-state index is -4.62. The Morgan fingerprint density at radius 2 is 1.72 bits per heavy atom. The summed E-state index contributed by atoms with van der Waals surface area (Å²) >= 11 is 0. The van der Waals surface area contributed by atoms with Crippen LogP contribution in [0.3, 0.4) is 0 Å². The fourth-order valence-corrected chi connectivity index (χ4v) is 1.25. The number of hydrogen-bond acceptors (Lipinski definition) is 2. The van der Waals surface area contributed by atoms with E-state index in [1.54, 1.807) is 0 Å². The van der Waals surface area contributed by atoms with Crippen LogP contribution in [0.5, 0.6) is 0 Å². The first-order valence-electron chi connectivity index (χ1n) is 4.60. The number of benzene rings is 1. The molecule has 0 saturated carbocycles. The molecule has 1 atom stereocenters. The lowest BCUT2D eigenvalue weighted by Gasteiger charge is -2.22. The van der Waals surface area contributed by atoms with E-state index < -0.39 is 30.3 Å². The maximum absolute atomic E-state index is 13.0. The van der Waals surface area contributed by atoms with Crippen LogP contribution in [0.15, 0.2) is 24.3 Å². The Morgan fingerprint density at radius 1 is 1.17 bits per heavy atom. The number of hydrogen-bond donors (Lipinski definition) is 2. The van der Waals surface area contributed by atoms with E-state index in [0.717, 1.165) is 18.2 Å². The number of aliphatic hydroxyl groups excluding tert-OH is 1. The van der Waals surface area contributed by atoms with Crippen LogP contribution in [0.1, 0.15) is 17.2 Å². The third-order valence-electron chi connectivity index (χ3n) is 2.24. The average Bonchev–Trinajstić information content (AvgIpc) is 2.27. The Hall–Kier alpha value is -0.920. The molecule has 0 amide bonds. The molecule has 0 saturated heterocycles. The highest BCUT2D eigenvalue weighted by atomic mass is 35.5. The summed E-state index contributed by atoms with van der Waals surface area (Å²) in [6.07, 6.45) is -4.62. The average molecular weight is 292 g/mol. The fourth-order valence-electron chi connectivity index (χ4n) is 1.25. The summed E-state index contributed by atoms with van der Waals surface area (Å²) < 4.78 is 63.0. The normalized spacial score (nSPS) is 13.9. The fraction of sp³-hybridized carbons (Fsp3) is 0.400. The number of halogens is 6. The SMILES string of the molecule is Cl.N[C@@H](c1cccc(C(F)(F)F)c1)C(F)(F)CO. The Labute approximate surface area is 106 Å². The first-order valence-corrected chi connectivity index (χ1v) is 4.60. The number of alkyl halides is 5. The molecule has 0 bridgehead atoms. The van der Waals surface area contributed by atoms with Gasteiger partial charge in [0.05, 0.1) is 11.6 Å². The van der Waals surface area contributed by atoms with Gasteiger partial charge in [-0.05, 0) is 17.7 Å². The highest BCUT2D eigenvalue weighted by Gasteiger charge is 2.38. The molecular formula is C10H11ClF5NO. The van der Waals surface area contributed by atoms with E-state index in [4.69, 9.17) is 10.8 Å².